The Balaban J connectivity index is 1.90. The second-order valence-electron chi connectivity index (χ2n) is 5.30. The van der Waals surface area contributed by atoms with Crippen LogP contribution in [-0.2, 0) is 13.0 Å². The fraction of sp³-hybridized carbons (Fsp3) is 0.368. The van der Waals surface area contributed by atoms with Gasteiger partial charge in [-0.2, -0.15) is 0 Å². The molecule has 0 aliphatic carbocycles. The Morgan fingerprint density at radius 2 is 1.71 bits per heavy atom. The van der Waals surface area contributed by atoms with Crippen LogP contribution in [-0.4, -0.2) is 27.4 Å². The predicted molar refractivity (Wildman–Crippen MR) is 100 cm³/mol. The molecule has 130 valence electrons. The average molecular weight is 394 g/mol. The first-order valence-electron chi connectivity index (χ1n) is 8.00. The van der Waals surface area contributed by atoms with Crippen LogP contribution in [0.4, 0.5) is 0 Å². The molecule has 0 amide bonds. The summed E-state index contributed by atoms with van der Waals surface area (Å²) in [7, 11) is 3.30. The number of hydrogen-bond acceptors (Lipinski definition) is 4. The van der Waals surface area contributed by atoms with Crippen molar-refractivity contribution in [1.82, 2.24) is 5.32 Å². The number of benzene rings is 2. The molecule has 5 heteroatoms. The summed E-state index contributed by atoms with van der Waals surface area (Å²) in [5.41, 5.74) is 2.36. The van der Waals surface area contributed by atoms with Gasteiger partial charge in [-0.15, -0.1) is 0 Å². The van der Waals surface area contributed by atoms with Crippen molar-refractivity contribution in [3.05, 3.63) is 52.0 Å². The molecule has 0 saturated carbocycles. The highest BCUT2D eigenvalue weighted by molar-refractivity contribution is 9.10. The molecule has 0 heterocycles. The van der Waals surface area contributed by atoms with E-state index in [1.54, 1.807) is 14.2 Å². The van der Waals surface area contributed by atoms with E-state index >= 15 is 0 Å². The van der Waals surface area contributed by atoms with Gasteiger partial charge in [0.15, 0.2) is 11.5 Å². The van der Waals surface area contributed by atoms with Gasteiger partial charge in [0, 0.05) is 16.6 Å². The number of hydrogen-bond donors (Lipinski definition) is 1. The first-order valence-corrected chi connectivity index (χ1v) is 8.80. The summed E-state index contributed by atoms with van der Waals surface area (Å²) in [6.07, 6.45) is 0.915. The molecular weight excluding hydrogens is 370 g/mol. The van der Waals surface area contributed by atoms with E-state index in [-0.39, 0.29) is 0 Å². The molecular formula is C19H24BrNO3. The summed E-state index contributed by atoms with van der Waals surface area (Å²) in [5, 5.41) is 3.47. The summed E-state index contributed by atoms with van der Waals surface area (Å²) in [5.74, 6) is 2.45. The van der Waals surface area contributed by atoms with Gasteiger partial charge in [-0.3, -0.25) is 0 Å². The molecule has 0 aliphatic rings. The van der Waals surface area contributed by atoms with E-state index in [0.717, 1.165) is 46.8 Å². The van der Waals surface area contributed by atoms with Crippen molar-refractivity contribution in [2.45, 2.75) is 19.9 Å². The molecule has 0 bridgehead atoms. The van der Waals surface area contributed by atoms with Crippen molar-refractivity contribution < 1.29 is 14.2 Å². The second-order valence-corrected chi connectivity index (χ2v) is 6.22. The second kappa shape index (κ2) is 9.55. The van der Waals surface area contributed by atoms with Crippen molar-refractivity contribution in [3.63, 3.8) is 0 Å². The number of ether oxygens (including phenoxy) is 3. The minimum absolute atomic E-state index is 0.667. The molecule has 0 saturated heterocycles. The van der Waals surface area contributed by atoms with Gasteiger partial charge in [0.25, 0.3) is 0 Å². The monoisotopic (exact) mass is 393 g/mol. The van der Waals surface area contributed by atoms with Crippen molar-refractivity contribution >= 4 is 15.9 Å². The fourth-order valence-corrected chi connectivity index (χ4v) is 2.88. The average Bonchev–Trinajstić information content (AvgIpc) is 2.60. The molecule has 2 rings (SSSR count). The molecule has 0 fully saturated rings. The summed E-state index contributed by atoms with van der Waals surface area (Å²) >= 11 is 3.51. The Labute approximate surface area is 152 Å². The molecule has 2 aromatic carbocycles. The molecule has 0 atom stereocenters. The molecule has 1 N–H and O–H groups in total. The number of rotatable bonds is 9. The fourth-order valence-electron chi connectivity index (χ4n) is 2.47. The highest BCUT2D eigenvalue weighted by Crippen LogP contribution is 2.27. The van der Waals surface area contributed by atoms with Crippen molar-refractivity contribution in [1.29, 1.82) is 0 Å². The SMILES string of the molecule is CCOc1ccc(Br)cc1CNCCc1ccc(OC)c(OC)c1. The van der Waals surface area contributed by atoms with E-state index < -0.39 is 0 Å². The van der Waals surface area contributed by atoms with Crippen LogP contribution in [0.1, 0.15) is 18.1 Å². The van der Waals surface area contributed by atoms with Gasteiger partial charge >= 0.3 is 0 Å². The number of nitrogens with one attached hydrogen (secondary N) is 1. The minimum atomic E-state index is 0.667. The van der Waals surface area contributed by atoms with E-state index in [2.05, 4.69) is 33.4 Å². The van der Waals surface area contributed by atoms with Crippen LogP contribution in [0.25, 0.3) is 0 Å². The van der Waals surface area contributed by atoms with Gasteiger partial charge in [-0.05, 0) is 55.8 Å². The third kappa shape index (κ3) is 5.14. The standard InChI is InChI=1S/C19H24BrNO3/c1-4-24-17-8-6-16(20)12-15(17)13-21-10-9-14-5-7-18(22-2)19(11-14)23-3/h5-8,11-12,21H,4,9-10,13H2,1-3H3. The van der Waals surface area contributed by atoms with E-state index in [1.165, 1.54) is 5.56 Å². The molecule has 2 aromatic rings. The van der Waals surface area contributed by atoms with Gasteiger partial charge < -0.3 is 19.5 Å². The first-order chi connectivity index (χ1) is 11.7. The quantitative estimate of drug-likeness (QED) is 0.648. The lowest BCUT2D eigenvalue weighted by molar-refractivity contribution is 0.335. The zero-order valence-electron chi connectivity index (χ0n) is 14.4. The third-order valence-corrected chi connectivity index (χ3v) is 4.17. The summed E-state index contributed by atoms with van der Waals surface area (Å²) in [4.78, 5) is 0. The Morgan fingerprint density at radius 1 is 0.958 bits per heavy atom. The maximum absolute atomic E-state index is 5.67. The minimum Gasteiger partial charge on any atom is -0.494 e. The largest absolute Gasteiger partial charge is 0.494 e. The summed E-state index contributed by atoms with van der Waals surface area (Å²) in [6, 6.07) is 12.1. The van der Waals surface area contributed by atoms with Crippen LogP contribution in [0.15, 0.2) is 40.9 Å². The molecule has 4 nitrogen and oxygen atoms in total. The number of methoxy groups -OCH3 is 2. The smallest absolute Gasteiger partial charge is 0.160 e. The molecule has 0 spiro atoms. The number of halogens is 1. The van der Waals surface area contributed by atoms with Gasteiger partial charge in [0.05, 0.1) is 20.8 Å². The van der Waals surface area contributed by atoms with Gasteiger partial charge in [-0.1, -0.05) is 22.0 Å². The van der Waals surface area contributed by atoms with E-state index in [4.69, 9.17) is 14.2 Å². The van der Waals surface area contributed by atoms with E-state index in [0.29, 0.717) is 6.61 Å². The third-order valence-electron chi connectivity index (χ3n) is 3.68. The lowest BCUT2D eigenvalue weighted by Gasteiger charge is -2.12. The molecule has 24 heavy (non-hydrogen) atoms. The zero-order chi connectivity index (χ0) is 17.4. The van der Waals surface area contributed by atoms with Crippen LogP contribution in [0.5, 0.6) is 17.2 Å². The molecule has 0 aromatic heterocycles. The summed E-state index contributed by atoms with van der Waals surface area (Å²) in [6.45, 7) is 4.30. The highest BCUT2D eigenvalue weighted by atomic mass is 79.9. The van der Waals surface area contributed by atoms with E-state index in [1.807, 2.05) is 31.2 Å². The Bertz CT molecular complexity index is 661. The highest BCUT2D eigenvalue weighted by Gasteiger charge is 2.06. The maximum atomic E-state index is 5.67. The normalized spacial score (nSPS) is 10.5. The van der Waals surface area contributed by atoms with Crippen LogP contribution in [0.2, 0.25) is 0 Å². The van der Waals surface area contributed by atoms with Gasteiger partial charge in [0.1, 0.15) is 5.75 Å². The first kappa shape index (κ1) is 18.6. The van der Waals surface area contributed by atoms with E-state index in [9.17, 15) is 0 Å². The van der Waals surface area contributed by atoms with Crippen LogP contribution < -0.4 is 19.5 Å². The van der Waals surface area contributed by atoms with Crippen molar-refractivity contribution in [2.24, 2.45) is 0 Å². The van der Waals surface area contributed by atoms with Crippen LogP contribution >= 0.6 is 15.9 Å². The lowest BCUT2D eigenvalue weighted by Crippen LogP contribution is -2.17. The van der Waals surface area contributed by atoms with Crippen molar-refractivity contribution in [3.8, 4) is 17.2 Å². The maximum Gasteiger partial charge on any atom is 0.160 e. The Kier molecular flexibility index (Phi) is 7.40. The topological polar surface area (TPSA) is 39.7 Å². The Morgan fingerprint density at radius 3 is 2.42 bits per heavy atom. The Hall–Kier alpha value is -1.72. The molecule has 0 unspecified atom stereocenters. The predicted octanol–water partition coefficient (Wildman–Crippen LogP) is 4.20. The van der Waals surface area contributed by atoms with Gasteiger partial charge in [0.2, 0.25) is 0 Å². The molecule has 0 aliphatic heterocycles. The van der Waals surface area contributed by atoms with Crippen LogP contribution in [0.3, 0.4) is 0 Å². The lowest BCUT2D eigenvalue weighted by atomic mass is 10.1. The van der Waals surface area contributed by atoms with Crippen LogP contribution in [0, 0.1) is 0 Å². The summed E-state index contributed by atoms with van der Waals surface area (Å²) < 4.78 is 17.3. The molecule has 0 radical (unpaired) electrons. The van der Waals surface area contributed by atoms with Crippen molar-refractivity contribution in [2.75, 3.05) is 27.4 Å². The van der Waals surface area contributed by atoms with Gasteiger partial charge in [-0.25, -0.2) is 0 Å². The zero-order valence-corrected chi connectivity index (χ0v) is 16.0.